The van der Waals surface area contributed by atoms with Gasteiger partial charge in [-0.2, -0.15) is 0 Å². The van der Waals surface area contributed by atoms with E-state index in [1.165, 1.54) is 11.3 Å². The van der Waals surface area contributed by atoms with Crippen molar-refractivity contribution in [1.29, 1.82) is 0 Å². The van der Waals surface area contributed by atoms with Crippen LogP contribution in [0.4, 0.5) is 5.00 Å². The molecule has 0 saturated heterocycles. The van der Waals surface area contributed by atoms with Crippen molar-refractivity contribution in [2.45, 2.75) is 32.5 Å². The van der Waals surface area contributed by atoms with Crippen LogP contribution in [0.15, 0.2) is 0 Å². The molecule has 0 spiro atoms. The number of rotatable bonds is 2. The zero-order chi connectivity index (χ0) is 15.8. The lowest BCUT2D eigenvalue weighted by atomic mass is 9.93. The zero-order valence-corrected chi connectivity index (χ0v) is 12.4. The second kappa shape index (κ2) is 5.43. The Morgan fingerprint density at radius 3 is 2.52 bits per heavy atom. The Bertz CT molecular complexity index is 623. The minimum atomic E-state index is -1.01. The maximum absolute atomic E-state index is 11.7. The first-order chi connectivity index (χ1) is 9.75. The van der Waals surface area contributed by atoms with E-state index in [2.05, 4.69) is 5.32 Å². The third-order valence-electron chi connectivity index (χ3n) is 3.10. The lowest BCUT2D eigenvalue weighted by molar-refractivity contribution is -0.136. The summed E-state index contributed by atoms with van der Waals surface area (Å²) in [6, 6.07) is 0. The van der Waals surface area contributed by atoms with Crippen LogP contribution in [0, 0.1) is 0 Å². The summed E-state index contributed by atoms with van der Waals surface area (Å²) in [4.78, 5) is 35.2. The number of carbonyl (C=O) groups is 3. The first-order valence-corrected chi connectivity index (χ1v) is 6.97. The van der Waals surface area contributed by atoms with Crippen LogP contribution in [0.3, 0.4) is 0 Å². The Kier molecular flexibility index (Phi) is 3.99. The summed E-state index contributed by atoms with van der Waals surface area (Å²) in [5.41, 5.74) is 7.69. The first-order valence-electron chi connectivity index (χ1n) is 6.15. The van der Waals surface area contributed by atoms with Crippen LogP contribution < -0.4 is 22.3 Å². The number of nitrogens with two attached hydrogens (primary N) is 2. The highest BCUT2D eigenvalue weighted by molar-refractivity contribution is 7.17. The second-order valence-corrected chi connectivity index (χ2v) is 6.33. The molecule has 0 atom stereocenters. The van der Waals surface area contributed by atoms with E-state index in [1.807, 2.05) is 13.8 Å². The number of hydrogen-bond acceptors (Lipinski definition) is 6. The largest absolute Gasteiger partial charge is 0.370 e. The summed E-state index contributed by atoms with van der Waals surface area (Å²) in [7, 11) is 0. The monoisotopic (exact) mass is 312 g/mol. The van der Waals surface area contributed by atoms with E-state index < -0.39 is 23.3 Å². The molecule has 0 aromatic carbocycles. The van der Waals surface area contributed by atoms with Crippen molar-refractivity contribution in [2.24, 2.45) is 11.6 Å². The van der Waals surface area contributed by atoms with Crippen molar-refractivity contribution in [1.82, 2.24) is 5.43 Å². The van der Waals surface area contributed by atoms with Crippen LogP contribution in [-0.2, 0) is 27.4 Å². The molecule has 1 aromatic heterocycles. The van der Waals surface area contributed by atoms with Crippen molar-refractivity contribution < 1.29 is 19.1 Å². The van der Waals surface area contributed by atoms with Gasteiger partial charge in [-0.05, 0) is 19.4 Å². The lowest BCUT2D eigenvalue weighted by Crippen LogP contribution is -2.39. The molecule has 0 aliphatic carbocycles. The van der Waals surface area contributed by atoms with Crippen LogP contribution in [0.5, 0.6) is 0 Å². The number of primary amides is 1. The van der Waals surface area contributed by atoms with Gasteiger partial charge in [0.05, 0.1) is 17.8 Å². The molecule has 2 heterocycles. The predicted octanol–water partition coefficient (Wildman–Crippen LogP) is -0.373. The van der Waals surface area contributed by atoms with E-state index in [1.54, 1.807) is 5.43 Å². The number of nitrogens with one attached hydrogen (secondary N) is 2. The fourth-order valence-corrected chi connectivity index (χ4v) is 3.26. The standard InChI is InChI=1S/C12H16N4O4S/c1-12(2)3-5-6(4-20-12)21-11(7(5)8(13)17)15-9(18)10(19)16-14/h3-4,14H2,1-2H3,(H2,13,17)(H,15,18)(H,16,19). The zero-order valence-electron chi connectivity index (χ0n) is 11.6. The number of thiophene rings is 1. The fourth-order valence-electron chi connectivity index (χ4n) is 2.13. The van der Waals surface area contributed by atoms with Gasteiger partial charge in [0.2, 0.25) is 0 Å². The van der Waals surface area contributed by atoms with Crippen molar-refractivity contribution in [3.63, 3.8) is 0 Å². The van der Waals surface area contributed by atoms with Gasteiger partial charge in [-0.1, -0.05) is 0 Å². The van der Waals surface area contributed by atoms with Gasteiger partial charge in [-0.3, -0.25) is 19.8 Å². The highest BCUT2D eigenvalue weighted by Crippen LogP contribution is 2.40. The van der Waals surface area contributed by atoms with Crippen LogP contribution in [0.1, 0.15) is 34.6 Å². The number of anilines is 1. The number of fused-ring (bicyclic) bond motifs is 1. The molecule has 114 valence electrons. The van der Waals surface area contributed by atoms with Gasteiger partial charge in [0.1, 0.15) is 5.00 Å². The Morgan fingerprint density at radius 1 is 1.29 bits per heavy atom. The Balaban J connectivity index is 2.40. The quantitative estimate of drug-likeness (QED) is 0.255. The highest BCUT2D eigenvalue weighted by atomic mass is 32.1. The molecule has 6 N–H and O–H groups in total. The molecule has 3 amide bonds. The summed E-state index contributed by atoms with van der Waals surface area (Å²) < 4.78 is 5.66. The van der Waals surface area contributed by atoms with Gasteiger partial charge in [0, 0.05) is 11.3 Å². The summed E-state index contributed by atoms with van der Waals surface area (Å²) in [6.45, 7) is 4.13. The van der Waals surface area contributed by atoms with Crippen LogP contribution in [0.25, 0.3) is 0 Å². The van der Waals surface area contributed by atoms with Crippen molar-refractivity contribution in [3.8, 4) is 0 Å². The normalized spacial score (nSPS) is 16.0. The molecule has 0 fully saturated rings. The number of hydrogen-bond donors (Lipinski definition) is 4. The van der Waals surface area contributed by atoms with E-state index in [4.69, 9.17) is 16.3 Å². The maximum Gasteiger partial charge on any atom is 0.323 e. The van der Waals surface area contributed by atoms with Gasteiger partial charge < -0.3 is 15.8 Å². The molecule has 0 unspecified atom stereocenters. The SMILES string of the molecule is CC1(C)Cc2c(sc(NC(=O)C(=O)NN)c2C(N)=O)CO1. The van der Waals surface area contributed by atoms with Crippen molar-refractivity contribution in [3.05, 3.63) is 16.0 Å². The molecule has 2 rings (SSSR count). The second-order valence-electron chi connectivity index (χ2n) is 5.22. The van der Waals surface area contributed by atoms with Gasteiger partial charge in [0.25, 0.3) is 5.91 Å². The maximum atomic E-state index is 11.7. The summed E-state index contributed by atoms with van der Waals surface area (Å²) in [6.07, 6.45) is 0.496. The number of amides is 3. The number of hydrazine groups is 1. The molecular formula is C12H16N4O4S. The minimum Gasteiger partial charge on any atom is -0.370 e. The summed E-state index contributed by atoms with van der Waals surface area (Å²) in [5.74, 6) is 2.26. The van der Waals surface area contributed by atoms with Gasteiger partial charge >= 0.3 is 11.8 Å². The van der Waals surface area contributed by atoms with E-state index in [0.29, 0.717) is 13.0 Å². The van der Waals surface area contributed by atoms with E-state index in [9.17, 15) is 14.4 Å². The van der Waals surface area contributed by atoms with Crippen LogP contribution in [0.2, 0.25) is 0 Å². The molecule has 0 saturated carbocycles. The first kappa shape index (κ1) is 15.4. The smallest absolute Gasteiger partial charge is 0.323 e. The Labute approximate surface area is 124 Å². The van der Waals surface area contributed by atoms with Crippen molar-refractivity contribution >= 4 is 34.1 Å². The van der Waals surface area contributed by atoms with E-state index >= 15 is 0 Å². The third kappa shape index (κ3) is 3.04. The summed E-state index contributed by atoms with van der Waals surface area (Å²) in [5, 5.41) is 2.60. The highest BCUT2D eigenvalue weighted by Gasteiger charge is 2.33. The van der Waals surface area contributed by atoms with Crippen LogP contribution >= 0.6 is 11.3 Å². The van der Waals surface area contributed by atoms with E-state index in [-0.39, 0.29) is 10.6 Å². The number of carbonyl (C=O) groups excluding carboxylic acids is 3. The lowest BCUT2D eigenvalue weighted by Gasteiger charge is -2.30. The molecule has 1 aliphatic heterocycles. The average molecular weight is 312 g/mol. The minimum absolute atomic E-state index is 0.226. The van der Waals surface area contributed by atoms with E-state index in [0.717, 1.165) is 10.4 Å². The molecule has 0 radical (unpaired) electrons. The Morgan fingerprint density at radius 2 is 1.95 bits per heavy atom. The molecule has 9 heteroatoms. The predicted molar refractivity (Wildman–Crippen MR) is 76.4 cm³/mol. The molecule has 8 nitrogen and oxygen atoms in total. The third-order valence-corrected chi connectivity index (χ3v) is 4.22. The molecule has 0 bridgehead atoms. The van der Waals surface area contributed by atoms with Crippen molar-refractivity contribution in [2.75, 3.05) is 5.32 Å². The van der Waals surface area contributed by atoms with Crippen LogP contribution in [-0.4, -0.2) is 23.3 Å². The molecular weight excluding hydrogens is 296 g/mol. The van der Waals surface area contributed by atoms with Gasteiger partial charge in [-0.25, -0.2) is 5.84 Å². The fraction of sp³-hybridized carbons (Fsp3) is 0.417. The van der Waals surface area contributed by atoms with Gasteiger partial charge in [-0.15, -0.1) is 11.3 Å². The Hall–Kier alpha value is -1.97. The molecule has 1 aliphatic rings. The topological polar surface area (TPSA) is 137 Å². The molecule has 21 heavy (non-hydrogen) atoms. The van der Waals surface area contributed by atoms with Gasteiger partial charge in [0.15, 0.2) is 0 Å². The summed E-state index contributed by atoms with van der Waals surface area (Å²) >= 11 is 1.17. The average Bonchev–Trinajstić information content (AvgIpc) is 2.73. The molecule has 1 aromatic rings. The number of ether oxygens (including phenoxy) is 1.